The Morgan fingerprint density at radius 2 is 2.11 bits per heavy atom. The van der Waals surface area contributed by atoms with Crippen LogP contribution in [0.4, 0.5) is 5.00 Å². The minimum absolute atomic E-state index is 0.155. The van der Waals surface area contributed by atoms with Crippen molar-refractivity contribution in [1.82, 2.24) is 14.8 Å². The number of nitriles is 1. The maximum Gasteiger partial charge on any atom is 0.235 e. The molecule has 0 spiro atoms. The Labute approximate surface area is 226 Å². The molecule has 0 fully saturated rings. The Morgan fingerprint density at radius 1 is 1.35 bits per heavy atom. The second-order valence-corrected chi connectivity index (χ2v) is 12.3. The molecule has 1 amide bonds. The Morgan fingerprint density at radius 3 is 2.76 bits per heavy atom. The van der Waals surface area contributed by atoms with Crippen molar-refractivity contribution in [2.45, 2.75) is 58.2 Å². The van der Waals surface area contributed by atoms with Gasteiger partial charge in [0.05, 0.1) is 18.4 Å². The van der Waals surface area contributed by atoms with Crippen molar-refractivity contribution in [2.24, 2.45) is 11.3 Å². The molecule has 0 radical (unpaired) electrons. The molecule has 7 nitrogen and oxygen atoms in total. The third-order valence-corrected chi connectivity index (χ3v) is 8.95. The number of nitrogens with zero attached hydrogens (tertiary/aromatic N) is 4. The van der Waals surface area contributed by atoms with Gasteiger partial charge in [0, 0.05) is 17.8 Å². The van der Waals surface area contributed by atoms with E-state index in [4.69, 9.17) is 4.74 Å². The number of rotatable bonds is 9. The standard InChI is InChI=1S/C28H33N5O2S2/c1-6-13-33-24(14-18-7-10-20(35-5)11-8-18)31-32-27(33)36-17-25(34)30-26-22(16-29)21-12-9-19(28(2,3)4)15-23(21)37-26/h6-8,10-11,19H,1,9,12-15,17H2,2-5H3,(H,30,34)/t19-/m1/s1. The molecule has 0 unspecified atom stereocenters. The number of amides is 1. The lowest BCUT2D eigenvalue weighted by atomic mass is 9.72. The van der Waals surface area contributed by atoms with Crippen molar-refractivity contribution in [2.75, 3.05) is 18.2 Å². The zero-order valence-corrected chi connectivity index (χ0v) is 23.5. The third kappa shape index (κ3) is 6.25. The summed E-state index contributed by atoms with van der Waals surface area (Å²) < 4.78 is 7.21. The molecule has 3 aromatic rings. The number of methoxy groups -OCH3 is 1. The van der Waals surface area contributed by atoms with E-state index in [1.165, 1.54) is 16.6 Å². The highest BCUT2D eigenvalue weighted by atomic mass is 32.2. The molecular weight excluding hydrogens is 502 g/mol. The Bertz CT molecular complexity index is 1310. The lowest BCUT2D eigenvalue weighted by Gasteiger charge is -2.33. The van der Waals surface area contributed by atoms with E-state index < -0.39 is 0 Å². The SMILES string of the molecule is C=CCn1c(Cc2ccc(OC)cc2)nnc1SCC(=O)Nc1sc2c(c1C#N)CC[C@@H](C(C)(C)C)C2. The molecule has 2 aromatic heterocycles. The van der Waals surface area contributed by atoms with E-state index in [0.717, 1.165) is 42.0 Å². The van der Waals surface area contributed by atoms with Crippen LogP contribution in [-0.4, -0.2) is 33.5 Å². The predicted molar refractivity (Wildman–Crippen MR) is 149 cm³/mol. The van der Waals surface area contributed by atoms with E-state index in [-0.39, 0.29) is 17.1 Å². The highest BCUT2D eigenvalue weighted by Gasteiger charge is 2.32. The number of thiophene rings is 1. The number of anilines is 1. The summed E-state index contributed by atoms with van der Waals surface area (Å²) in [5, 5.41) is 22.9. The Kier molecular flexibility index (Phi) is 8.40. The number of fused-ring (bicyclic) bond motifs is 1. The molecule has 2 heterocycles. The number of allylic oxidation sites excluding steroid dienone is 1. The lowest BCUT2D eigenvalue weighted by Crippen LogP contribution is -2.26. The van der Waals surface area contributed by atoms with Crippen molar-refractivity contribution < 1.29 is 9.53 Å². The van der Waals surface area contributed by atoms with Crippen molar-refractivity contribution in [3.63, 3.8) is 0 Å². The fourth-order valence-electron chi connectivity index (χ4n) is 4.62. The predicted octanol–water partition coefficient (Wildman–Crippen LogP) is 5.88. The first-order chi connectivity index (χ1) is 17.7. The van der Waals surface area contributed by atoms with Crippen LogP contribution in [0.15, 0.2) is 42.1 Å². The molecule has 1 atom stereocenters. The molecule has 9 heteroatoms. The third-order valence-electron chi connectivity index (χ3n) is 6.81. The van der Waals surface area contributed by atoms with Crippen LogP contribution in [-0.2, 0) is 30.6 Å². The summed E-state index contributed by atoms with van der Waals surface area (Å²) in [7, 11) is 1.64. The van der Waals surface area contributed by atoms with Gasteiger partial charge < -0.3 is 14.6 Å². The number of aromatic nitrogens is 3. The monoisotopic (exact) mass is 535 g/mol. The maximum absolute atomic E-state index is 12.9. The molecule has 1 aliphatic carbocycles. The van der Waals surface area contributed by atoms with Crippen LogP contribution in [0, 0.1) is 22.7 Å². The number of hydrogen-bond acceptors (Lipinski definition) is 7. The van der Waals surface area contributed by atoms with Gasteiger partial charge in [-0.25, -0.2) is 0 Å². The number of benzene rings is 1. The average molecular weight is 536 g/mol. The van der Waals surface area contributed by atoms with Crippen molar-refractivity contribution in [3.8, 4) is 11.8 Å². The average Bonchev–Trinajstić information content (AvgIpc) is 3.42. The molecule has 37 heavy (non-hydrogen) atoms. The number of thioether (sulfide) groups is 1. The zero-order valence-electron chi connectivity index (χ0n) is 21.8. The van der Waals surface area contributed by atoms with Gasteiger partial charge in [-0.3, -0.25) is 4.79 Å². The van der Waals surface area contributed by atoms with Gasteiger partial charge in [0.25, 0.3) is 0 Å². The number of nitrogens with one attached hydrogen (secondary N) is 1. The largest absolute Gasteiger partial charge is 0.497 e. The second-order valence-electron chi connectivity index (χ2n) is 10.3. The highest BCUT2D eigenvalue weighted by Crippen LogP contribution is 2.44. The molecule has 1 aliphatic rings. The van der Waals surface area contributed by atoms with Crippen LogP contribution in [0.3, 0.4) is 0 Å². The van der Waals surface area contributed by atoms with Crippen LogP contribution >= 0.6 is 23.1 Å². The molecule has 1 aromatic carbocycles. The van der Waals surface area contributed by atoms with Gasteiger partial charge in [0.1, 0.15) is 22.6 Å². The minimum atomic E-state index is -0.155. The smallest absolute Gasteiger partial charge is 0.235 e. The maximum atomic E-state index is 12.9. The van der Waals surface area contributed by atoms with Crippen LogP contribution < -0.4 is 10.1 Å². The van der Waals surface area contributed by atoms with Gasteiger partial charge in [0.15, 0.2) is 5.16 Å². The van der Waals surface area contributed by atoms with Crippen molar-refractivity contribution >= 4 is 34.0 Å². The first-order valence-electron chi connectivity index (χ1n) is 12.4. The van der Waals surface area contributed by atoms with E-state index in [2.05, 4.69) is 48.9 Å². The topological polar surface area (TPSA) is 92.8 Å². The summed E-state index contributed by atoms with van der Waals surface area (Å²) in [6.07, 6.45) is 5.33. The van der Waals surface area contributed by atoms with Gasteiger partial charge in [-0.05, 0) is 53.9 Å². The van der Waals surface area contributed by atoms with Crippen LogP contribution in [0.5, 0.6) is 5.75 Å². The molecule has 194 valence electrons. The quantitative estimate of drug-likeness (QED) is 0.272. The lowest BCUT2D eigenvalue weighted by molar-refractivity contribution is -0.113. The van der Waals surface area contributed by atoms with Crippen LogP contribution in [0.1, 0.15) is 54.6 Å². The summed E-state index contributed by atoms with van der Waals surface area (Å²) in [5.41, 5.74) is 3.06. The summed E-state index contributed by atoms with van der Waals surface area (Å²) in [6, 6.07) is 10.2. The molecule has 4 rings (SSSR count). The number of hydrogen-bond donors (Lipinski definition) is 1. The molecular formula is C28H33N5O2S2. The summed E-state index contributed by atoms with van der Waals surface area (Å²) >= 11 is 2.89. The highest BCUT2D eigenvalue weighted by molar-refractivity contribution is 7.99. The fraction of sp³-hybridized carbons (Fsp3) is 0.429. The fourth-order valence-corrected chi connectivity index (χ4v) is 6.68. The first kappa shape index (κ1) is 27.0. The molecule has 0 bridgehead atoms. The van der Waals surface area contributed by atoms with Crippen molar-refractivity contribution in [1.29, 1.82) is 5.26 Å². The van der Waals surface area contributed by atoms with E-state index in [1.54, 1.807) is 24.5 Å². The van der Waals surface area contributed by atoms with Gasteiger partial charge in [0.2, 0.25) is 5.91 Å². The number of carbonyl (C=O) groups is 1. The Balaban J connectivity index is 1.43. The zero-order chi connectivity index (χ0) is 26.6. The first-order valence-corrected chi connectivity index (χ1v) is 14.2. The molecule has 0 aliphatic heterocycles. The van der Waals surface area contributed by atoms with Crippen LogP contribution in [0.2, 0.25) is 0 Å². The van der Waals surface area contributed by atoms with E-state index >= 15 is 0 Å². The second kappa shape index (κ2) is 11.5. The van der Waals surface area contributed by atoms with Crippen molar-refractivity contribution in [3.05, 3.63) is 64.3 Å². The summed E-state index contributed by atoms with van der Waals surface area (Å²) in [6.45, 7) is 11.2. The summed E-state index contributed by atoms with van der Waals surface area (Å²) in [4.78, 5) is 14.1. The van der Waals surface area contributed by atoms with E-state index in [0.29, 0.717) is 34.6 Å². The Hall–Kier alpha value is -3.09. The molecule has 1 N–H and O–H groups in total. The number of ether oxygens (including phenoxy) is 1. The van der Waals surface area contributed by atoms with Gasteiger partial charge in [-0.2, -0.15) is 5.26 Å². The van der Waals surface area contributed by atoms with Gasteiger partial charge in [-0.1, -0.05) is 50.7 Å². The molecule has 0 saturated carbocycles. The summed E-state index contributed by atoms with van der Waals surface area (Å²) in [5.74, 6) is 2.21. The van der Waals surface area contributed by atoms with E-state index in [9.17, 15) is 10.1 Å². The minimum Gasteiger partial charge on any atom is -0.497 e. The number of carbonyl (C=O) groups excluding carboxylic acids is 1. The molecule has 0 saturated heterocycles. The van der Waals surface area contributed by atoms with Gasteiger partial charge >= 0.3 is 0 Å². The van der Waals surface area contributed by atoms with Crippen LogP contribution in [0.25, 0.3) is 0 Å². The van der Waals surface area contributed by atoms with Gasteiger partial charge in [-0.15, -0.1) is 28.1 Å². The van der Waals surface area contributed by atoms with E-state index in [1.807, 2.05) is 28.8 Å². The normalized spacial score (nSPS) is 15.1.